The fourth-order valence-corrected chi connectivity index (χ4v) is 1.58. The molecule has 0 saturated heterocycles. The Kier molecular flexibility index (Phi) is 3.39. The molecule has 0 heterocycles. The molecule has 0 aromatic heterocycles. The fourth-order valence-electron chi connectivity index (χ4n) is 1.23. The molecule has 0 aliphatic rings. The number of benzene rings is 2. The van der Waals surface area contributed by atoms with Crippen LogP contribution >= 0.6 is 15.9 Å². The van der Waals surface area contributed by atoms with Gasteiger partial charge in [0.1, 0.15) is 22.9 Å². The van der Waals surface area contributed by atoms with Crippen molar-refractivity contribution in [2.45, 2.75) is 0 Å². The van der Waals surface area contributed by atoms with Gasteiger partial charge in [-0.2, -0.15) is 0 Å². The van der Waals surface area contributed by atoms with Crippen LogP contribution < -0.4 is 0 Å². The molecule has 0 spiro atoms. The fraction of sp³-hybridized carbons (Fsp3) is 0. The van der Waals surface area contributed by atoms with E-state index in [0.29, 0.717) is 11.4 Å². The molecule has 0 aliphatic carbocycles. The molecule has 5 heteroatoms. The molecule has 0 radical (unpaired) electrons. The Morgan fingerprint density at radius 1 is 0.824 bits per heavy atom. The Balaban J connectivity index is 2.32. The largest absolute Gasteiger partial charge is 0.506 e. The summed E-state index contributed by atoms with van der Waals surface area (Å²) in [5, 5.41) is 26.8. The molecule has 86 valence electrons. The molecule has 2 aromatic rings. The molecule has 17 heavy (non-hydrogen) atoms. The molecule has 0 amide bonds. The van der Waals surface area contributed by atoms with E-state index in [0.717, 1.165) is 4.47 Å². The molecule has 0 bridgehead atoms. The van der Waals surface area contributed by atoms with Crippen LogP contribution in [0.25, 0.3) is 0 Å². The van der Waals surface area contributed by atoms with E-state index in [1.807, 2.05) is 0 Å². The Hall–Kier alpha value is -1.88. The van der Waals surface area contributed by atoms with Gasteiger partial charge < -0.3 is 10.2 Å². The van der Waals surface area contributed by atoms with Crippen molar-refractivity contribution in [3.05, 3.63) is 46.9 Å². The van der Waals surface area contributed by atoms with Gasteiger partial charge in [-0.05, 0) is 30.3 Å². The summed E-state index contributed by atoms with van der Waals surface area (Å²) in [4.78, 5) is 0. The molecule has 0 saturated carbocycles. The third-order valence-corrected chi connectivity index (χ3v) is 2.58. The second-order valence-electron chi connectivity index (χ2n) is 3.32. The average molecular weight is 293 g/mol. The maximum atomic E-state index is 9.55. The van der Waals surface area contributed by atoms with Crippen molar-refractivity contribution in [3.63, 3.8) is 0 Å². The zero-order valence-corrected chi connectivity index (χ0v) is 10.3. The number of azo groups is 1. The molecule has 2 aromatic carbocycles. The second kappa shape index (κ2) is 4.97. The summed E-state index contributed by atoms with van der Waals surface area (Å²) in [7, 11) is 0. The lowest BCUT2D eigenvalue weighted by atomic mass is 10.3. The van der Waals surface area contributed by atoms with Crippen LogP contribution in [-0.4, -0.2) is 10.2 Å². The van der Waals surface area contributed by atoms with Gasteiger partial charge in [0, 0.05) is 4.47 Å². The van der Waals surface area contributed by atoms with Gasteiger partial charge in [0.15, 0.2) is 0 Å². The number of hydrogen-bond acceptors (Lipinski definition) is 4. The van der Waals surface area contributed by atoms with Crippen LogP contribution in [0.15, 0.2) is 57.2 Å². The highest BCUT2D eigenvalue weighted by molar-refractivity contribution is 9.10. The highest BCUT2D eigenvalue weighted by atomic mass is 79.9. The minimum absolute atomic E-state index is 0.0346. The Morgan fingerprint density at radius 2 is 1.47 bits per heavy atom. The smallest absolute Gasteiger partial charge is 0.143 e. The maximum Gasteiger partial charge on any atom is 0.143 e. The van der Waals surface area contributed by atoms with Crippen LogP contribution in [0.2, 0.25) is 0 Å². The molecule has 2 rings (SSSR count). The molecular weight excluding hydrogens is 284 g/mol. The highest BCUT2D eigenvalue weighted by Gasteiger charge is 2.01. The van der Waals surface area contributed by atoms with E-state index in [1.54, 1.807) is 30.3 Å². The van der Waals surface area contributed by atoms with Crippen LogP contribution in [0.1, 0.15) is 0 Å². The number of hydrogen-bond donors (Lipinski definition) is 2. The normalized spacial score (nSPS) is 10.9. The van der Waals surface area contributed by atoms with E-state index in [-0.39, 0.29) is 11.5 Å². The third kappa shape index (κ3) is 2.82. The third-order valence-electron chi connectivity index (χ3n) is 2.08. The Morgan fingerprint density at radius 3 is 2.24 bits per heavy atom. The number of halogens is 1. The lowest BCUT2D eigenvalue weighted by Gasteiger charge is -1.99. The zero-order valence-electron chi connectivity index (χ0n) is 8.71. The molecule has 0 aliphatic heterocycles. The van der Waals surface area contributed by atoms with E-state index in [2.05, 4.69) is 26.2 Å². The predicted octanol–water partition coefficient (Wildman–Crippen LogP) is 4.28. The molecule has 2 N–H and O–H groups in total. The molecular formula is C12H9BrN2O2. The number of rotatable bonds is 2. The lowest BCUT2D eigenvalue weighted by Crippen LogP contribution is -1.70. The summed E-state index contributed by atoms with van der Waals surface area (Å²) in [5.74, 6) is 0.0816. The number of phenolic OH excluding ortho intramolecular Hbond substituents is 2. The van der Waals surface area contributed by atoms with Crippen molar-refractivity contribution in [1.82, 2.24) is 0 Å². The second-order valence-corrected chi connectivity index (χ2v) is 4.24. The van der Waals surface area contributed by atoms with Gasteiger partial charge in [0.25, 0.3) is 0 Å². The summed E-state index contributed by atoms with van der Waals surface area (Å²) in [5.41, 5.74) is 0.689. The SMILES string of the molecule is Oc1ccccc1N=Nc1cc(Br)ccc1O. The number of aromatic hydroxyl groups is 2. The van der Waals surface area contributed by atoms with E-state index in [1.165, 1.54) is 12.1 Å². The van der Waals surface area contributed by atoms with Gasteiger partial charge >= 0.3 is 0 Å². The standard InChI is InChI=1S/C12H9BrN2O2/c13-8-5-6-12(17)10(7-8)15-14-9-3-1-2-4-11(9)16/h1-7,16-17H. The van der Waals surface area contributed by atoms with Crippen molar-refractivity contribution in [3.8, 4) is 11.5 Å². The first-order valence-corrected chi connectivity index (χ1v) is 5.64. The summed E-state index contributed by atoms with van der Waals surface area (Å²) in [6, 6.07) is 11.5. The molecule has 0 atom stereocenters. The summed E-state index contributed by atoms with van der Waals surface area (Å²) >= 11 is 3.27. The Labute approximate surface area is 106 Å². The average Bonchev–Trinajstić information content (AvgIpc) is 2.32. The van der Waals surface area contributed by atoms with Crippen molar-refractivity contribution in [2.24, 2.45) is 10.2 Å². The van der Waals surface area contributed by atoms with E-state index in [9.17, 15) is 10.2 Å². The summed E-state index contributed by atoms with van der Waals surface area (Å²) < 4.78 is 0.793. The highest BCUT2D eigenvalue weighted by Crippen LogP contribution is 2.32. The van der Waals surface area contributed by atoms with Crippen molar-refractivity contribution in [2.75, 3.05) is 0 Å². The van der Waals surface area contributed by atoms with Crippen LogP contribution in [-0.2, 0) is 0 Å². The zero-order chi connectivity index (χ0) is 12.3. The van der Waals surface area contributed by atoms with Crippen molar-refractivity contribution >= 4 is 27.3 Å². The first-order valence-electron chi connectivity index (χ1n) is 4.85. The van der Waals surface area contributed by atoms with Gasteiger partial charge in [-0.1, -0.05) is 28.1 Å². The van der Waals surface area contributed by atoms with Crippen LogP contribution in [0, 0.1) is 0 Å². The van der Waals surface area contributed by atoms with Crippen molar-refractivity contribution < 1.29 is 10.2 Å². The molecule has 0 unspecified atom stereocenters. The lowest BCUT2D eigenvalue weighted by molar-refractivity contribution is 0.474. The quantitative estimate of drug-likeness (QED) is 0.812. The summed E-state index contributed by atoms with van der Waals surface area (Å²) in [6.45, 7) is 0. The van der Waals surface area contributed by atoms with Gasteiger partial charge in [-0.15, -0.1) is 10.2 Å². The summed E-state index contributed by atoms with van der Waals surface area (Å²) in [6.07, 6.45) is 0. The van der Waals surface area contributed by atoms with E-state index in [4.69, 9.17) is 0 Å². The maximum absolute atomic E-state index is 9.55. The van der Waals surface area contributed by atoms with Crippen molar-refractivity contribution in [1.29, 1.82) is 0 Å². The first-order chi connectivity index (χ1) is 8.16. The van der Waals surface area contributed by atoms with Gasteiger partial charge in [0.05, 0.1) is 0 Å². The number of para-hydroxylation sites is 1. The van der Waals surface area contributed by atoms with Gasteiger partial charge in [-0.25, -0.2) is 0 Å². The number of phenols is 2. The van der Waals surface area contributed by atoms with Gasteiger partial charge in [-0.3, -0.25) is 0 Å². The van der Waals surface area contributed by atoms with E-state index < -0.39 is 0 Å². The minimum Gasteiger partial charge on any atom is -0.506 e. The Bertz CT molecular complexity index is 570. The molecule has 0 fully saturated rings. The van der Waals surface area contributed by atoms with Crippen LogP contribution in [0.4, 0.5) is 11.4 Å². The minimum atomic E-state index is 0.0346. The topological polar surface area (TPSA) is 65.2 Å². The number of nitrogens with zero attached hydrogens (tertiary/aromatic N) is 2. The van der Waals surface area contributed by atoms with E-state index >= 15 is 0 Å². The van der Waals surface area contributed by atoms with Crippen LogP contribution in [0.5, 0.6) is 11.5 Å². The van der Waals surface area contributed by atoms with Gasteiger partial charge in [0.2, 0.25) is 0 Å². The monoisotopic (exact) mass is 292 g/mol. The van der Waals surface area contributed by atoms with Crippen LogP contribution in [0.3, 0.4) is 0 Å². The molecule has 4 nitrogen and oxygen atoms in total. The first kappa shape index (κ1) is 11.6. The predicted molar refractivity (Wildman–Crippen MR) is 68.1 cm³/mol.